The van der Waals surface area contributed by atoms with Gasteiger partial charge in [-0.2, -0.15) is 0 Å². The van der Waals surface area contributed by atoms with Crippen LogP contribution < -0.4 is 10.3 Å². The van der Waals surface area contributed by atoms with Crippen LogP contribution in [0.4, 0.5) is 5.69 Å². The van der Waals surface area contributed by atoms with Gasteiger partial charge in [0.1, 0.15) is 5.75 Å². The molecule has 0 N–H and O–H groups in total. The van der Waals surface area contributed by atoms with E-state index in [-0.39, 0.29) is 5.56 Å². The van der Waals surface area contributed by atoms with Crippen molar-refractivity contribution in [1.29, 1.82) is 0 Å². The molecule has 0 radical (unpaired) electrons. The van der Waals surface area contributed by atoms with E-state index in [9.17, 15) is 4.79 Å². The molecule has 0 aliphatic heterocycles. The van der Waals surface area contributed by atoms with Gasteiger partial charge < -0.3 is 4.74 Å². The van der Waals surface area contributed by atoms with Crippen LogP contribution in [-0.2, 0) is 7.05 Å². The van der Waals surface area contributed by atoms with Crippen LogP contribution in [0.3, 0.4) is 0 Å². The van der Waals surface area contributed by atoms with E-state index < -0.39 is 0 Å². The van der Waals surface area contributed by atoms with E-state index in [4.69, 9.17) is 4.74 Å². The van der Waals surface area contributed by atoms with E-state index in [0.717, 1.165) is 25.9 Å². The molecule has 0 saturated carbocycles. The Morgan fingerprint density at radius 2 is 1.89 bits per heavy atom. The zero-order valence-electron chi connectivity index (χ0n) is 15.2. The standard InChI is InChI=1S/C20H19Br2N3O2/c1-4-27-19-14(10-15(21)11-17(19)22)12-23-18-13(2)24(3)25(20(18)26)16-8-6-5-7-9-16/h5-12H,4H2,1-3H3. The molecule has 0 bridgehead atoms. The van der Waals surface area contributed by atoms with Crippen LogP contribution in [-0.4, -0.2) is 22.2 Å². The van der Waals surface area contributed by atoms with Gasteiger partial charge >= 0.3 is 0 Å². The van der Waals surface area contributed by atoms with Gasteiger partial charge in [0, 0.05) is 23.3 Å². The summed E-state index contributed by atoms with van der Waals surface area (Å²) in [7, 11) is 1.85. The van der Waals surface area contributed by atoms with Gasteiger partial charge in [-0.15, -0.1) is 0 Å². The largest absolute Gasteiger partial charge is 0.492 e. The molecular formula is C20H19Br2N3O2. The highest BCUT2D eigenvalue weighted by molar-refractivity contribution is 9.11. The van der Waals surface area contributed by atoms with Crippen LogP contribution in [0.2, 0.25) is 0 Å². The number of hydrogen-bond donors (Lipinski definition) is 0. The third-order valence-electron chi connectivity index (χ3n) is 4.18. The lowest BCUT2D eigenvalue weighted by molar-refractivity contribution is 0.337. The number of ether oxygens (including phenoxy) is 1. The first-order valence-electron chi connectivity index (χ1n) is 8.44. The minimum atomic E-state index is -0.163. The molecule has 1 heterocycles. The molecule has 3 aromatic rings. The molecule has 3 rings (SSSR count). The van der Waals surface area contributed by atoms with Gasteiger partial charge in [-0.25, -0.2) is 9.67 Å². The van der Waals surface area contributed by atoms with Crippen LogP contribution in [0.15, 0.2) is 61.2 Å². The van der Waals surface area contributed by atoms with Crippen molar-refractivity contribution in [2.75, 3.05) is 6.61 Å². The van der Waals surface area contributed by atoms with E-state index in [2.05, 4.69) is 36.9 Å². The predicted octanol–water partition coefficient (Wildman–Crippen LogP) is 5.16. The van der Waals surface area contributed by atoms with Gasteiger partial charge in [-0.3, -0.25) is 9.48 Å². The molecule has 0 unspecified atom stereocenters. The Labute approximate surface area is 174 Å². The van der Waals surface area contributed by atoms with Gasteiger partial charge in [0.05, 0.1) is 22.5 Å². The monoisotopic (exact) mass is 491 g/mol. The molecular weight excluding hydrogens is 474 g/mol. The molecule has 2 aromatic carbocycles. The lowest BCUT2D eigenvalue weighted by atomic mass is 10.2. The third kappa shape index (κ3) is 3.94. The SMILES string of the molecule is CCOc1c(Br)cc(Br)cc1C=Nc1c(C)n(C)n(-c2ccccc2)c1=O. The molecule has 5 nitrogen and oxygen atoms in total. The number of hydrogen-bond acceptors (Lipinski definition) is 3. The zero-order valence-corrected chi connectivity index (χ0v) is 18.4. The first kappa shape index (κ1) is 19.6. The molecule has 0 aliphatic rings. The Balaban J connectivity index is 2.09. The van der Waals surface area contributed by atoms with Crippen molar-refractivity contribution in [2.24, 2.45) is 12.0 Å². The van der Waals surface area contributed by atoms with Crippen LogP contribution in [0, 0.1) is 6.92 Å². The first-order chi connectivity index (χ1) is 12.9. The maximum absolute atomic E-state index is 13.0. The fraction of sp³-hybridized carbons (Fsp3) is 0.200. The van der Waals surface area contributed by atoms with Crippen molar-refractivity contribution in [2.45, 2.75) is 13.8 Å². The number of rotatable bonds is 5. The maximum Gasteiger partial charge on any atom is 0.297 e. The molecule has 0 aliphatic carbocycles. The molecule has 1 aromatic heterocycles. The van der Waals surface area contributed by atoms with Gasteiger partial charge in [0.2, 0.25) is 0 Å². The Bertz CT molecular complexity index is 1050. The van der Waals surface area contributed by atoms with Crippen molar-refractivity contribution < 1.29 is 4.74 Å². The molecule has 0 fully saturated rings. The van der Waals surface area contributed by atoms with E-state index in [1.165, 1.54) is 0 Å². The Morgan fingerprint density at radius 1 is 1.19 bits per heavy atom. The minimum Gasteiger partial charge on any atom is -0.492 e. The minimum absolute atomic E-state index is 0.163. The van der Waals surface area contributed by atoms with Gasteiger partial charge in [-0.1, -0.05) is 34.1 Å². The first-order valence-corrected chi connectivity index (χ1v) is 10.0. The molecule has 27 heavy (non-hydrogen) atoms. The predicted molar refractivity (Wildman–Crippen MR) is 116 cm³/mol. The highest BCUT2D eigenvalue weighted by Gasteiger charge is 2.15. The van der Waals surface area contributed by atoms with Crippen molar-refractivity contribution in [3.63, 3.8) is 0 Å². The fourth-order valence-corrected chi connectivity index (χ4v) is 4.18. The summed E-state index contributed by atoms with van der Waals surface area (Å²) < 4.78 is 10.9. The van der Waals surface area contributed by atoms with E-state index in [0.29, 0.717) is 18.0 Å². The number of nitrogens with zero attached hydrogens (tertiary/aromatic N) is 3. The number of benzene rings is 2. The molecule has 140 valence electrons. The summed E-state index contributed by atoms with van der Waals surface area (Å²) in [5, 5.41) is 0. The van der Waals surface area contributed by atoms with Crippen molar-refractivity contribution in [3.05, 3.63) is 73.0 Å². The molecule has 0 amide bonds. The van der Waals surface area contributed by atoms with Gasteiger partial charge in [0.25, 0.3) is 5.56 Å². The second-order valence-electron chi connectivity index (χ2n) is 5.91. The van der Waals surface area contributed by atoms with Crippen LogP contribution in [0.5, 0.6) is 5.75 Å². The summed E-state index contributed by atoms with van der Waals surface area (Å²) in [6.45, 7) is 4.34. The second kappa shape index (κ2) is 8.27. The van der Waals surface area contributed by atoms with E-state index in [1.807, 2.05) is 68.0 Å². The van der Waals surface area contributed by atoms with E-state index >= 15 is 0 Å². The average molecular weight is 493 g/mol. The van der Waals surface area contributed by atoms with Gasteiger partial charge in [-0.05, 0) is 54.0 Å². The number of halogens is 2. The van der Waals surface area contributed by atoms with Crippen LogP contribution >= 0.6 is 31.9 Å². The Kier molecular flexibility index (Phi) is 6.01. The van der Waals surface area contributed by atoms with Crippen molar-refractivity contribution in [1.82, 2.24) is 9.36 Å². The second-order valence-corrected chi connectivity index (χ2v) is 7.68. The maximum atomic E-state index is 13.0. The zero-order chi connectivity index (χ0) is 19.6. The van der Waals surface area contributed by atoms with Crippen molar-refractivity contribution >= 4 is 43.8 Å². The summed E-state index contributed by atoms with van der Waals surface area (Å²) in [6, 6.07) is 13.3. The molecule has 0 atom stereocenters. The topological polar surface area (TPSA) is 48.5 Å². The fourth-order valence-electron chi connectivity index (χ4n) is 2.81. The van der Waals surface area contributed by atoms with Crippen LogP contribution in [0.25, 0.3) is 5.69 Å². The Morgan fingerprint density at radius 3 is 2.56 bits per heavy atom. The highest BCUT2D eigenvalue weighted by atomic mass is 79.9. The smallest absolute Gasteiger partial charge is 0.297 e. The summed E-state index contributed by atoms with van der Waals surface area (Å²) in [5.41, 5.74) is 2.61. The summed E-state index contributed by atoms with van der Waals surface area (Å²) in [4.78, 5) is 17.5. The highest BCUT2D eigenvalue weighted by Crippen LogP contribution is 2.32. The quantitative estimate of drug-likeness (QED) is 0.462. The normalized spacial score (nSPS) is 11.3. The number of aliphatic imine (C=N–C) groups is 1. The summed E-state index contributed by atoms with van der Waals surface area (Å²) in [6.07, 6.45) is 1.67. The summed E-state index contributed by atoms with van der Waals surface area (Å²) >= 11 is 7.00. The van der Waals surface area contributed by atoms with E-state index in [1.54, 1.807) is 10.9 Å². The molecule has 7 heteroatoms. The lowest BCUT2D eigenvalue weighted by Crippen LogP contribution is -2.19. The number of para-hydroxylation sites is 1. The van der Waals surface area contributed by atoms with Crippen molar-refractivity contribution in [3.8, 4) is 11.4 Å². The number of aromatic nitrogens is 2. The summed E-state index contributed by atoms with van der Waals surface area (Å²) in [5.74, 6) is 0.696. The Hall–Kier alpha value is -2.12. The molecule has 0 spiro atoms. The van der Waals surface area contributed by atoms with Crippen LogP contribution in [0.1, 0.15) is 18.2 Å². The molecule has 0 saturated heterocycles. The third-order valence-corrected chi connectivity index (χ3v) is 5.23. The average Bonchev–Trinajstić information content (AvgIpc) is 2.85. The van der Waals surface area contributed by atoms with Gasteiger partial charge in [0.15, 0.2) is 5.69 Å². The lowest BCUT2D eigenvalue weighted by Gasteiger charge is -2.09.